The van der Waals surface area contributed by atoms with Crippen molar-refractivity contribution in [1.82, 2.24) is 0 Å². The molecule has 0 N–H and O–H groups in total. The lowest BCUT2D eigenvalue weighted by atomic mass is 10.00. The summed E-state index contributed by atoms with van der Waals surface area (Å²) in [7, 11) is 0. The number of unbranched alkanes of at least 4 members (excludes halogenated alkanes) is 2. The Labute approximate surface area is 221 Å². The van der Waals surface area contributed by atoms with Gasteiger partial charge >= 0.3 is 5.97 Å². The molecule has 0 aromatic carbocycles. The number of nitrogens with zero attached hydrogens (tertiary/aromatic N) is 1. The lowest BCUT2D eigenvalue weighted by Gasteiger charge is -2.28. The standard InChI is InChI=1S/C28H43NO4S2/c1-6-11-13-20(8-3)18-32-23-15-16-24(33-19-21(9-4)14-12-7-2)26-25(23)34-28(35-26)22(17-29)27(30)31-10-5/h15-16,20-21,25-26H,6-14,18-19H2,1-5H3. The van der Waals surface area contributed by atoms with E-state index in [1.54, 1.807) is 6.92 Å². The van der Waals surface area contributed by atoms with E-state index in [0.29, 0.717) is 29.3 Å². The summed E-state index contributed by atoms with van der Waals surface area (Å²) in [5.74, 6) is 2.32. The molecule has 1 fully saturated rings. The molecule has 1 heterocycles. The minimum Gasteiger partial charge on any atom is -0.496 e. The third kappa shape index (κ3) is 8.82. The molecule has 2 rings (SSSR count). The summed E-state index contributed by atoms with van der Waals surface area (Å²) in [6.45, 7) is 12.3. The van der Waals surface area contributed by atoms with Crippen molar-refractivity contribution >= 4 is 29.5 Å². The number of carbonyl (C=O) groups is 1. The zero-order chi connectivity index (χ0) is 25.6. The lowest BCUT2D eigenvalue weighted by Crippen LogP contribution is -2.27. The first kappa shape index (κ1) is 29.7. The summed E-state index contributed by atoms with van der Waals surface area (Å²) < 4.78 is 18.6. The quantitative estimate of drug-likeness (QED) is 0.117. The fourth-order valence-electron chi connectivity index (χ4n) is 4.13. The third-order valence-corrected chi connectivity index (χ3v) is 9.67. The Bertz CT molecular complexity index is 768. The Morgan fingerprint density at radius 3 is 1.77 bits per heavy atom. The van der Waals surface area contributed by atoms with Gasteiger partial charge in [0.15, 0.2) is 5.57 Å². The maximum atomic E-state index is 12.4. The number of hydrogen-bond donors (Lipinski definition) is 0. The van der Waals surface area contributed by atoms with Gasteiger partial charge in [-0.15, -0.1) is 23.5 Å². The van der Waals surface area contributed by atoms with Crippen molar-refractivity contribution in [2.45, 2.75) is 96.5 Å². The molecule has 1 aliphatic carbocycles. The number of ether oxygens (including phenoxy) is 3. The molecule has 1 aliphatic heterocycles. The monoisotopic (exact) mass is 521 g/mol. The molecule has 0 aromatic rings. The van der Waals surface area contributed by atoms with Crippen LogP contribution in [0, 0.1) is 23.2 Å². The highest BCUT2D eigenvalue weighted by Crippen LogP contribution is 2.55. The molecule has 0 aromatic heterocycles. The highest BCUT2D eigenvalue weighted by molar-refractivity contribution is 8.26. The Hall–Kier alpha value is -1.52. The molecular weight excluding hydrogens is 478 g/mol. The Morgan fingerprint density at radius 1 is 0.914 bits per heavy atom. The van der Waals surface area contributed by atoms with Crippen molar-refractivity contribution in [3.8, 4) is 6.07 Å². The van der Waals surface area contributed by atoms with Crippen molar-refractivity contribution in [3.63, 3.8) is 0 Å². The SMILES string of the molecule is CCCCC(CC)COC1=CC=C(OCC(CC)CCCC)C2SC(=C(C#N)C(=O)OCC)SC12. The van der Waals surface area contributed by atoms with E-state index in [2.05, 4.69) is 33.8 Å². The van der Waals surface area contributed by atoms with Crippen LogP contribution in [0.25, 0.3) is 0 Å². The summed E-state index contributed by atoms with van der Waals surface area (Å²) in [5, 5.41) is 9.66. The van der Waals surface area contributed by atoms with E-state index in [1.807, 2.05) is 12.2 Å². The number of nitriles is 1. The molecule has 0 bridgehead atoms. The summed E-state index contributed by atoms with van der Waals surface area (Å²) in [6, 6.07) is 2.08. The van der Waals surface area contributed by atoms with Gasteiger partial charge in [0.2, 0.25) is 0 Å². The predicted octanol–water partition coefficient (Wildman–Crippen LogP) is 7.75. The number of rotatable bonds is 16. The highest BCUT2D eigenvalue weighted by Gasteiger charge is 2.43. The van der Waals surface area contributed by atoms with Crippen molar-refractivity contribution in [2.75, 3.05) is 19.8 Å². The zero-order valence-electron chi connectivity index (χ0n) is 22.1. The van der Waals surface area contributed by atoms with Gasteiger partial charge in [-0.2, -0.15) is 5.26 Å². The van der Waals surface area contributed by atoms with E-state index < -0.39 is 5.97 Å². The van der Waals surface area contributed by atoms with Gasteiger partial charge in [-0.05, 0) is 43.8 Å². The van der Waals surface area contributed by atoms with E-state index in [0.717, 1.165) is 24.4 Å². The second-order valence-electron chi connectivity index (χ2n) is 9.16. The number of fused-ring (bicyclic) bond motifs is 1. The van der Waals surface area contributed by atoms with E-state index in [-0.39, 0.29) is 22.7 Å². The largest absolute Gasteiger partial charge is 0.496 e. The number of allylic oxidation sites excluding steroid dienone is 2. The second-order valence-corrected chi connectivity index (χ2v) is 11.7. The molecule has 35 heavy (non-hydrogen) atoms. The van der Waals surface area contributed by atoms with Crippen LogP contribution in [0.1, 0.15) is 86.0 Å². The lowest BCUT2D eigenvalue weighted by molar-refractivity contribution is -0.138. The minimum atomic E-state index is -0.558. The molecule has 4 unspecified atom stereocenters. The van der Waals surface area contributed by atoms with Crippen LogP contribution in [0.4, 0.5) is 0 Å². The highest BCUT2D eigenvalue weighted by atomic mass is 32.2. The van der Waals surface area contributed by atoms with E-state index >= 15 is 0 Å². The van der Waals surface area contributed by atoms with Crippen molar-refractivity contribution < 1.29 is 19.0 Å². The fraction of sp³-hybridized carbons (Fsp3) is 0.714. The van der Waals surface area contributed by atoms with Gasteiger partial charge in [0, 0.05) is 0 Å². The number of esters is 1. The predicted molar refractivity (Wildman–Crippen MR) is 147 cm³/mol. The number of thioether (sulfide) groups is 2. The molecule has 1 saturated heterocycles. The van der Waals surface area contributed by atoms with Gasteiger partial charge in [0.05, 0.1) is 34.6 Å². The van der Waals surface area contributed by atoms with Crippen LogP contribution >= 0.6 is 23.5 Å². The maximum Gasteiger partial charge on any atom is 0.350 e. The maximum absolute atomic E-state index is 12.4. The molecule has 7 heteroatoms. The Kier molecular flexibility index (Phi) is 13.8. The zero-order valence-corrected chi connectivity index (χ0v) is 23.8. The number of hydrogen-bond acceptors (Lipinski definition) is 7. The van der Waals surface area contributed by atoms with Crippen LogP contribution in [0.15, 0.2) is 33.5 Å². The van der Waals surface area contributed by atoms with Gasteiger partial charge in [0.1, 0.15) is 17.6 Å². The van der Waals surface area contributed by atoms with Gasteiger partial charge in [0.25, 0.3) is 0 Å². The van der Waals surface area contributed by atoms with Crippen LogP contribution in [-0.2, 0) is 19.0 Å². The van der Waals surface area contributed by atoms with Gasteiger partial charge < -0.3 is 14.2 Å². The molecular formula is C28H43NO4S2. The first-order valence-electron chi connectivity index (χ1n) is 13.3. The molecule has 0 spiro atoms. The topological polar surface area (TPSA) is 68.5 Å². The minimum absolute atomic E-state index is 0.0211. The molecule has 0 radical (unpaired) electrons. The molecule has 0 saturated carbocycles. The summed E-state index contributed by atoms with van der Waals surface area (Å²) in [5.41, 5.74) is 0.0821. The van der Waals surface area contributed by atoms with Gasteiger partial charge in [-0.25, -0.2) is 4.79 Å². The first-order valence-corrected chi connectivity index (χ1v) is 15.1. The van der Waals surface area contributed by atoms with Crippen LogP contribution in [-0.4, -0.2) is 36.3 Å². The summed E-state index contributed by atoms with van der Waals surface area (Å²) in [6.07, 6.45) is 13.4. The van der Waals surface area contributed by atoms with E-state index in [4.69, 9.17) is 14.2 Å². The van der Waals surface area contributed by atoms with Crippen LogP contribution in [0.5, 0.6) is 0 Å². The van der Waals surface area contributed by atoms with Gasteiger partial charge in [-0.1, -0.05) is 66.2 Å². The van der Waals surface area contributed by atoms with Crippen LogP contribution in [0.2, 0.25) is 0 Å². The van der Waals surface area contributed by atoms with Crippen LogP contribution in [0.3, 0.4) is 0 Å². The molecule has 4 atom stereocenters. The normalized spacial score (nSPS) is 20.7. The second kappa shape index (κ2) is 16.3. The van der Waals surface area contributed by atoms with Gasteiger partial charge in [-0.3, -0.25) is 0 Å². The molecule has 196 valence electrons. The van der Waals surface area contributed by atoms with E-state index in [1.165, 1.54) is 62.0 Å². The molecule has 5 nitrogen and oxygen atoms in total. The third-order valence-electron chi connectivity index (χ3n) is 6.57. The average Bonchev–Trinajstić information content (AvgIpc) is 3.31. The molecule has 2 aliphatic rings. The van der Waals surface area contributed by atoms with Crippen molar-refractivity contribution in [2.24, 2.45) is 11.8 Å². The molecule has 0 amide bonds. The fourth-order valence-corrected chi connectivity index (χ4v) is 7.30. The Balaban J connectivity index is 2.23. The average molecular weight is 522 g/mol. The first-order chi connectivity index (χ1) is 17.0. The van der Waals surface area contributed by atoms with E-state index in [9.17, 15) is 10.1 Å². The number of carbonyl (C=O) groups excluding carboxylic acids is 1. The Morgan fingerprint density at radius 2 is 1.40 bits per heavy atom. The summed E-state index contributed by atoms with van der Waals surface area (Å²) >= 11 is 3.06. The van der Waals surface area contributed by atoms with Crippen molar-refractivity contribution in [3.05, 3.63) is 33.5 Å². The summed E-state index contributed by atoms with van der Waals surface area (Å²) in [4.78, 5) is 12.4. The van der Waals surface area contributed by atoms with Crippen LogP contribution < -0.4 is 0 Å². The smallest absolute Gasteiger partial charge is 0.350 e. The van der Waals surface area contributed by atoms with Crippen molar-refractivity contribution in [1.29, 1.82) is 5.26 Å².